The van der Waals surface area contributed by atoms with Crippen LogP contribution in [0.1, 0.15) is 5.56 Å². The summed E-state index contributed by atoms with van der Waals surface area (Å²) in [6.07, 6.45) is 0. The number of rotatable bonds is 2. The number of nitrogens with two attached hydrogens (primary N) is 1. The first-order valence-electron chi connectivity index (χ1n) is 4.78. The number of hydrogen-bond acceptors (Lipinski definition) is 4. The zero-order valence-electron chi connectivity index (χ0n) is 9.03. The third-order valence-corrected chi connectivity index (χ3v) is 2.24. The predicted octanol–water partition coefficient (Wildman–Crippen LogP) is 1.34. The normalized spacial score (nSPS) is 10.4. The van der Waals surface area contributed by atoms with Gasteiger partial charge in [0.2, 0.25) is 11.9 Å². The van der Waals surface area contributed by atoms with Gasteiger partial charge in [0, 0.05) is 7.05 Å². The highest BCUT2D eigenvalue weighted by Gasteiger charge is 2.10. The summed E-state index contributed by atoms with van der Waals surface area (Å²) in [6.45, 7) is 1.79. The maximum Gasteiger partial charge on any atom is 0.244 e. The van der Waals surface area contributed by atoms with Crippen LogP contribution < -0.4 is 11.1 Å². The Morgan fingerprint density at radius 2 is 2.19 bits per heavy atom. The predicted molar refractivity (Wildman–Crippen MR) is 60.0 cm³/mol. The van der Waals surface area contributed by atoms with Crippen molar-refractivity contribution >= 4 is 11.9 Å². The number of anilines is 2. The third-order valence-electron chi connectivity index (χ3n) is 2.24. The van der Waals surface area contributed by atoms with Crippen molar-refractivity contribution in [2.24, 2.45) is 0 Å². The van der Waals surface area contributed by atoms with Crippen LogP contribution in [-0.4, -0.2) is 21.8 Å². The molecule has 2 rings (SSSR count). The maximum atomic E-state index is 12.9. The molecule has 0 spiro atoms. The topological polar surface area (TPSA) is 68.8 Å². The molecule has 0 saturated heterocycles. The molecule has 1 aromatic heterocycles. The van der Waals surface area contributed by atoms with E-state index in [4.69, 9.17) is 5.73 Å². The molecule has 3 N–H and O–H groups in total. The standard InChI is InChI=1S/C10H12FN5/c1-6-5-7(11)3-4-8(6)16-9(12)14-10(13-2)15-16/h3-5H,1-2H3,(H3,12,13,14,15). The first kappa shape index (κ1) is 10.4. The van der Waals surface area contributed by atoms with Crippen LogP contribution in [0.3, 0.4) is 0 Å². The molecule has 0 fully saturated rings. The minimum atomic E-state index is -0.284. The summed E-state index contributed by atoms with van der Waals surface area (Å²) < 4.78 is 14.4. The van der Waals surface area contributed by atoms with E-state index in [2.05, 4.69) is 15.4 Å². The fourth-order valence-corrected chi connectivity index (χ4v) is 1.46. The van der Waals surface area contributed by atoms with Crippen molar-refractivity contribution in [3.05, 3.63) is 29.6 Å². The second-order valence-corrected chi connectivity index (χ2v) is 3.39. The van der Waals surface area contributed by atoms with Crippen LogP contribution >= 0.6 is 0 Å². The van der Waals surface area contributed by atoms with E-state index in [1.807, 2.05) is 0 Å². The molecular weight excluding hydrogens is 209 g/mol. The largest absolute Gasteiger partial charge is 0.368 e. The Bertz CT molecular complexity index is 520. The van der Waals surface area contributed by atoms with Crippen molar-refractivity contribution in [3.63, 3.8) is 0 Å². The monoisotopic (exact) mass is 221 g/mol. The average Bonchev–Trinajstić information content (AvgIpc) is 2.60. The van der Waals surface area contributed by atoms with E-state index < -0.39 is 0 Å². The lowest BCUT2D eigenvalue weighted by Crippen LogP contribution is -2.04. The maximum absolute atomic E-state index is 12.9. The minimum Gasteiger partial charge on any atom is -0.368 e. The number of halogens is 1. The number of nitrogens with zero attached hydrogens (tertiary/aromatic N) is 3. The van der Waals surface area contributed by atoms with E-state index in [9.17, 15) is 4.39 Å². The molecule has 16 heavy (non-hydrogen) atoms. The summed E-state index contributed by atoms with van der Waals surface area (Å²) >= 11 is 0. The van der Waals surface area contributed by atoms with Gasteiger partial charge in [-0.1, -0.05) is 0 Å². The van der Waals surface area contributed by atoms with Crippen LogP contribution in [0, 0.1) is 12.7 Å². The van der Waals surface area contributed by atoms with Gasteiger partial charge in [-0.15, -0.1) is 5.10 Å². The van der Waals surface area contributed by atoms with E-state index in [1.54, 1.807) is 20.0 Å². The highest BCUT2D eigenvalue weighted by Crippen LogP contribution is 2.18. The zero-order valence-corrected chi connectivity index (χ0v) is 9.03. The van der Waals surface area contributed by atoms with Crippen molar-refractivity contribution < 1.29 is 4.39 Å². The molecule has 0 unspecified atom stereocenters. The SMILES string of the molecule is CNc1nc(N)n(-c2ccc(F)cc2C)n1. The number of benzene rings is 1. The Hall–Kier alpha value is -2.11. The molecule has 1 heterocycles. The molecule has 0 aliphatic heterocycles. The molecule has 84 valence electrons. The minimum absolute atomic E-state index is 0.263. The van der Waals surface area contributed by atoms with Crippen LogP contribution in [0.15, 0.2) is 18.2 Å². The van der Waals surface area contributed by atoms with Gasteiger partial charge in [0.25, 0.3) is 0 Å². The van der Waals surface area contributed by atoms with E-state index >= 15 is 0 Å². The lowest BCUT2D eigenvalue weighted by Gasteiger charge is -2.05. The van der Waals surface area contributed by atoms with Gasteiger partial charge in [0.05, 0.1) is 5.69 Å². The summed E-state index contributed by atoms with van der Waals surface area (Å²) in [5, 5.41) is 6.93. The third kappa shape index (κ3) is 1.69. The molecule has 6 heteroatoms. The lowest BCUT2D eigenvalue weighted by atomic mass is 10.2. The van der Waals surface area contributed by atoms with Crippen LogP contribution in [0.4, 0.5) is 16.3 Å². The fraction of sp³-hybridized carbons (Fsp3) is 0.200. The molecule has 0 aliphatic rings. The van der Waals surface area contributed by atoms with E-state index in [0.29, 0.717) is 11.6 Å². The van der Waals surface area contributed by atoms with Gasteiger partial charge in [-0.3, -0.25) is 0 Å². The van der Waals surface area contributed by atoms with E-state index in [1.165, 1.54) is 16.8 Å². The Balaban J connectivity index is 2.53. The molecule has 0 atom stereocenters. The van der Waals surface area contributed by atoms with E-state index in [0.717, 1.165) is 5.56 Å². The van der Waals surface area contributed by atoms with Crippen LogP contribution in [-0.2, 0) is 0 Å². The first-order valence-corrected chi connectivity index (χ1v) is 4.78. The molecule has 0 amide bonds. The number of nitrogen functional groups attached to an aromatic ring is 1. The van der Waals surface area contributed by atoms with Crippen molar-refractivity contribution in [1.29, 1.82) is 0 Å². The molecular formula is C10H12FN5. The molecule has 5 nitrogen and oxygen atoms in total. The Morgan fingerprint density at radius 3 is 2.75 bits per heavy atom. The first-order chi connectivity index (χ1) is 7.61. The summed E-state index contributed by atoms with van der Waals surface area (Å²) in [4.78, 5) is 3.99. The molecule has 0 bridgehead atoms. The lowest BCUT2D eigenvalue weighted by molar-refractivity contribution is 0.625. The van der Waals surface area contributed by atoms with Crippen molar-refractivity contribution in [1.82, 2.24) is 14.8 Å². The van der Waals surface area contributed by atoms with Crippen LogP contribution in [0.2, 0.25) is 0 Å². The summed E-state index contributed by atoms with van der Waals surface area (Å²) in [5.74, 6) is 0.411. The quantitative estimate of drug-likeness (QED) is 0.803. The Labute approximate surface area is 92.1 Å². The molecule has 0 aliphatic carbocycles. The van der Waals surface area contributed by atoms with Gasteiger partial charge in [-0.25, -0.2) is 4.39 Å². The van der Waals surface area contributed by atoms with Gasteiger partial charge in [0.15, 0.2) is 0 Å². The number of hydrogen-bond donors (Lipinski definition) is 2. The van der Waals surface area contributed by atoms with Gasteiger partial charge >= 0.3 is 0 Å². The highest BCUT2D eigenvalue weighted by atomic mass is 19.1. The molecule has 0 saturated carbocycles. The van der Waals surface area contributed by atoms with Gasteiger partial charge in [-0.05, 0) is 30.7 Å². The number of aromatic nitrogens is 3. The Kier molecular flexibility index (Phi) is 2.47. The van der Waals surface area contributed by atoms with Crippen molar-refractivity contribution in [2.75, 3.05) is 18.1 Å². The molecule has 2 aromatic rings. The summed E-state index contributed by atoms with van der Waals surface area (Å²) in [5.41, 5.74) is 7.18. The number of aryl methyl sites for hydroxylation is 1. The van der Waals surface area contributed by atoms with Crippen molar-refractivity contribution in [2.45, 2.75) is 6.92 Å². The summed E-state index contributed by atoms with van der Waals surface area (Å²) in [7, 11) is 1.70. The zero-order chi connectivity index (χ0) is 11.7. The second kappa shape index (κ2) is 3.80. The number of nitrogens with one attached hydrogen (secondary N) is 1. The molecule has 0 radical (unpaired) electrons. The molecule has 1 aromatic carbocycles. The van der Waals surface area contributed by atoms with E-state index in [-0.39, 0.29) is 11.8 Å². The highest BCUT2D eigenvalue weighted by molar-refractivity contribution is 5.46. The van der Waals surface area contributed by atoms with Gasteiger partial charge in [0.1, 0.15) is 5.82 Å². The second-order valence-electron chi connectivity index (χ2n) is 3.39. The average molecular weight is 221 g/mol. The van der Waals surface area contributed by atoms with Crippen LogP contribution in [0.5, 0.6) is 0 Å². The van der Waals surface area contributed by atoms with Gasteiger partial charge < -0.3 is 11.1 Å². The van der Waals surface area contributed by atoms with Crippen LogP contribution in [0.25, 0.3) is 5.69 Å². The Morgan fingerprint density at radius 1 is 1.44 bits per heavy atom. The van der Waals surface area contributed by atoms with Crippen molar-refractivity contribution in [3.8, 4) is 5.69 Å². The van der Waals surface area contributed by atoms with Gasteiger partial charge in [-0.2, -0.15) is 9.67 Å². The summed E-state index contributed by atoms with van der Waals surface area (Å²) in [6, 6.07) is 4.41. The fourth-order valence-electron chi connectivity index (χ4n) is 1.46. The smallest absolute Gasteiger partial charge is 0.244 e.